The van der Waals surface area contributed by atoms with Crippen LogP contribution in [0.3, 0.4) is 0 Å². The van der Waals surface area contributed by atoms with Crippen LogP contribution >= 0.6 is 0 Å². The topological polar surface area (TPSA) is 62.5 Å². The van der Waals surface area contributed by atoms with Crippen molar-refractivity contribution in [3.05, 3.63) is 23.2 Å². The molecule has 106 valence electrons. The van der Waals surface area contributed by atoms with Crippen molar-refractivity contribution in [2.45, 2.75) is 58.5 Å². The largest absolute Gasteiger partial charge is 0.475 e. The van der Waals surface area contributed by atoms with E-state index < -0.39 is 5.97 Å². The lowest BCUT2D eigenvalue weighted by Crippen LogP contribution is -2.33. The Balaban J connectivity index is 1.89. The number of carboxylic acid groups (broad SMARTS) is 1. The number of furan rings is 1. The minimum atomic E-state index is -1.00. The average Bonchev–Trinajstić information content (AvgIpc) is 2.78. The summed E-state index contributed by atoms with van der Waals surface area (Å²) in [5.74, 6) is 0.571. The van der Waals surface area contributed by atoms with Gasteiger partial charge >= 0.3 is 5.97 Å². The highest BCUT2D eigenvalue weighted by atomic mass is 16.4. The summed E-state index contributed by atoms with van der Waals surface area (Å²) in [6.45, 7) is 4.77. The molecule has 4 nitrogen and oxygen atoms in total. The van der Waals surface area contributed by atoms with Gasteiger partial charge in [-0.2, -0.15) is 0 Å². The van der Waals surface area contributed by atoms with E-state index in [2.05, 4.69) is 12.2 Å². The van der Waals surface area contributed by atoms with Gasteiger partial charge in [-0.05, 0) is 31.7 Å². The van der Waals surface area contributed by atoms with Crippen LogP contribution in [-0.2, 0) is 6.54 Å². The van der Waals surface area contributed by atoms with Crippen LogP contribution in [0.2, 0.25) is 0 Å². The van der Waals surface area contributed by atoms with Gasteiger partial charge in [0.05, 0.1) is 0 Å². The van der Waals surface area contributed by atoms with Crippen molar-refractivity contribution in [2.24, 2.45) is 5.92 Å². The van der Waals surface area contributed by atoms with Gasteiger partial charge < -0.3 is 14.8 Å². The predicted octanol–water partition coefficient (Wildman–Crippen LogP) is 3.34. The number of aromatic carboxylic acids is 1. The second-order valence-electron chi connectivity index (χ2n) is 5.52. The van der Waals surface area contributed by atoms with Crippen LogP contribution in [-0.4, -0.2) is 17.1 Å². The van der Waals surface area contributed by atoms with Gasteiger partial charge in [0, 0.05) is 18.2 Å². The summed E-state index contributed by atoms with van der Waals surface area (Å²) in [5, 5.41) is 12.4. The molecule has 1 fully saturated rings. The third kappa shape index (κ3) is 3.60. The van der Waals surface area contributed by atoms with E-state index in [1.54, 1.807) is 6.07 Å². The fourth-order valence-corrected chi connectivity index (χ4v) is 2.90. The smallest absolute Gasteiger partial charge is 0.371 e. The lowest BCUT2D eigenvalue weighted by atomic mass is 9.84. The van der Waals surface area contributed by atoms with Gasteiger partial charge in [-0.25, -0.2) is 4.79 Å². The molecule has 0 spiro atoms. The molecule has 0 aliphatic heterocycles. The maximum Gasteiger partial charge on any atom is 0.371 e. The zero-order valence-corrected chi connectivity index (χ0v) is 11.7. The highest BCUT2D eigenvalue weighted by Gasteiger charge is 2.21. The molecule has 2 rings (SSSR count). The molecule has 0 amide bonds. The van der Waals surface area contributed by atoms with Gasteiger partial charge in [-0.3, -0.25) is 0 Å². The van der Waals surface area contributed by atoms with Crippen LogP contribution in [0.4, 0.5) is 0 Å². The predicted molar refractivity (Wildman–Crippen MR) is 73.3 cm³/mol. The summed E-state index contributed by atoms with van der Waals surface area (Å²) in [5.41, 5.74) is 0.955. The van der Waals surface area contributed by atoms with E-state index in [9.17, 15) is 4.79 Å². The molecular weight excluding hydrogens is 242 g/mol. The van der Waals surface area contributed by atoms with Crippen molar-refractivity contribution in [3.8, 4) is 0 Å². The molecule has 1 heterocycles. The molecule has 2 unspecified atom stereocenters. The SMILES string of the molecule is CCC1CCCC(NCc2cc(C(=O)O)oc2C)C1. The zero-order valence-electron chi connectivity index (χ0n) is 11.7. The molecule has 0 bridgehead atoms. The van der Waals surface area contributed by atoms with E-state index in [0.29, 0.717) is 18.3 Å². The molecule has 0 aromatic carbocycles. The van der Waals surface area contributed by atoms with Gasteiger partial charge in [0.1, 0.15) is 5.76 Å². The molecule has 2 N–H and O–H groups in total. The Morgan fingerprint density at radius 3 is 2.95 bits per heavy atom. The number of aryl methyl sites for hydroxylation is 1. The highest BCUT2D eigenvalue weighted by molar-refractivity contribution is 5.84. The van der Waals surface area contributed by atoms with Gasteiger partial charge in [0.25, 0.3) is 0 Å². The lowest BCUT2D eigenvalue weighted by Gasteiger charge is -2.29. The van der Waals surface area contributed by atoms with Crippen LogP contribution in [0.25, 0.3) is 0 Å². The Morgan fingerprint density at radius 2 is 2.32 bits per heavy atom. The van der Waals surface area contributed by atoms with Crippen molar-refractivity contribution < 1.29 is 14.3 Å². The molecule has 4 heteroatoms. The van der Waals surface area contributed by atoms with Gasteiger partial charge in [0.2, 0.25) is 5.76 Å². The second kappa shape index (κ2) is 6.24. The molecule has 1 aliphatic rings. The molecule has 1 aromatic rings. The van der Waals surface area contributed by atoms with Gasteiger partial charge in [-0.1, -0.05) is 26.2 Å². The first-order chi connectivity index (χ1) is 9.10. The quantitative estimate of drug-likeness (QED) is 0.857. The summed E-state index contributed by atoms with van der Waals surface area (Å²) >= 11 is 0. The summed E-state index contributed by atoms with van der Waals surface area (Å²) < 4.78 is 5.22. The molecular formula is C15H23NO3. The number of nitrogens with one attached hydrogen (secondary N) is 1. The molecule has 19 heavy (non-hydrogen) atoms. The monoisotopic (exact) mass is 265 g/mol. The first-order valence-electron chi connectivity index (χ1n) is 7.16. The van der Waals surface area contributed by atoms with Gasteiger partial charge in [-0.15, -0.1) is 0 Å². The summed E-state index contributed by atoms with van der Waals surface area (Å²) in [7, 11) is 0. The highest BCUT2D eigenvalue weighted by Crippen LogP contribution is 2.27. The number of carboxylic acids is 1. The lowest BCUT2D eigenvalue weighted by molar-refractivity contribution is 0.0661. The average molecular weight is 265 g/mol. The molecule has 0 saturated heterocycles. The maximum absolute atomic E-state index is 10.8. The Bertz CT molecular complexity index is 439. The van der Waals surface area contributed by atoms with E-state index in [0.717, 1.165) is 11.5 Å². The van der Waals surface area contributed by atoms with Crippen molar-refractivity contribution in [1.82, 2.24) is 5.32 Å². The summed E-state index contributed by atoms with van der Waals surface area (Å²) in [4.78, 5) is 10.8. The van der Waals surface area contributed by atoms with E-state index >= 15 is 0 Å². The number of hydrogen-bond donors (Lipinski definition) is 2. The van der Waals surface area contributed by atoms with Crippen molar-refractivity contribution in [2.75, 3.05) is 0 Å². The van der Waals surface area contributed by atoms with Crippen molar-refractivity contribution in [1.29, 1.82) is 0 Å². The van der Waals surface area contributed by atoms with Crippen LogP contribution in [0.1, 0.15) is 60.9 Å². The molecule has 1 aromatic heterocycles. The van der Waals surface area contributed by atoms with Crippen LogP contribution in [0, 0.1) is 12.8 Å². The van der Waals surface area contributed by atoms with E-state index in [1.807, 2.05) is 6.92 Å². The van der Waals surface area contributed by atoms with E-state index in [4.69, 9.17) is 9.52 Å². The maximum atomic E-state index is 10.8. The van der Waals surface area contributed by atoms with Crippen molar-refractivity contribution >= 4 is 5.97 Å². The van der Waals surface area contributed by atoms with E-state index in [-0.39, 0.29) is 5.76 Å². The third-order valence-electron chi connectivity index (χ3n) is 4.17. The fraction of sp³-hybridized carbons (Fsp3) is 0.667. The number of carbonyl (C=O) groups is 1. The van der Waals surface area contributed by atoms with E-state index in [1.165, 1.54) is 32.1 Å². The Kier molecular flexibility index (Phi) is 4.64. The van der Waals surface area contributed by atoms with Crippen molar-refractivity contribution in [3.63, 3.8) is 0 Å². The van der Waals surface area contributed by atoms with Crippen LogP contribution in [0.5, 0.6) is 0 Å². The second-order valence-corrected chi connectivity index (χ2v) is 5.52. The minimum Gasteiger partial charge on any atom is -0.475 e. The third-order valence-corrected chi connectivity index (χ3v) is 4.17. The van der Waals surface area contributed by atoms with Gasteiger partial charge in [0.15, 0.2) is 0 Å². The minimum absolute atomic E-state index is 0.0318. The standard InChI is InChI=1S/C15H23NO3/c1-3-11-5-4-6-13(7-11)16-9-12-8-14(15(17)18)19-10(12)2/h8,11,13,16H,3-7,9H2,1-2H3,(H,17,18). The Labute approximate surface area is 114 Å². The fourth-order valence-electron chi connectivity index (χ4n) is 2.90. The molecule has 0 radical (unpaired) electrons. The molecule has 2 atom stereocenters. The molecule has 1 aliphatic carbocycles. The van der Waals surface area contributed by atoms with Crippen LogP contribution in [0.15, 0.2) is 10.5 Å². The zero-order chi connectivity index (χ0) is 13.8. The first kappa shape index (κ1) is 14.1. The summed E-state index contributed by atoms with van der Waals surface area (Å²) in [6, 6.07) is 2.19. The number of rotatable bonds is 5. The molecule has 1 saturated carbocycles. The Hall–Kier alpha value is -1.29. The number of hydrogen-bond acceptors (Lipinski definition) is 3. The summed E-state index contributed by atoms with van der Waals surface area (Å²) in [6.07, 6.45) is 6.36. The Morgan fingerprint density at radius 1 is 1.53 bits per heavy atom. The first-order valence-corrected chi connectivity index (χ1v) is 7.16. The van der Waals surface area contributed by atoms with Crippen LogP contribution < -0.4 is 5.32 Å². The normalized spacial score (nSPS) is 23.5.